The number of benzene rings is 2. The summed E-state index contributed by atoms with van der Waals surface area (Å²) in [4.78, 5) is 24.6. The Bertz CT molecular complexity index is 913. The average Bonchev–Trinajstić information content (AvgIpc) is 3.27. The lowest BCUT2D eigenvalue weighted by Crippen LogP contribution is -2.35. The van der Waals surface area contributed by atoms with Gasteiger partial charge in [-0.25, -0.2) is 4.79 Å². The number of hydrogen-bond donors (Lipinski definition) is 3. The molecule has 2 aromatic rings. The first-order valence-electron chi connectivity index (χ1n) is 10.1. The van der Waals surface area contributed by atoms with Crippen molar-refractivity contribution in [2.45, 2.75) is 25.4 Å². The Kier molecular flexibility index (Phi) is 6.40. The van der Waals surface area contributed by atoms with E-state index < -0.39 is 0 Å². The van der Waals surface area contributed by atoms with E-state index in [-0.39, 0.29) is 24.0 Å². The zero-order chi connectivity index (χ0) is 20.9. The van der Waals surface area contributed by atoms with Crippen LogP contribution < -0.4 is 20.7 Å². The first-order valence-corrected chi connectivity index (χ1v) is 10.4. The number of amides is 3. The second-order valence-corrected chi connectivity index (χ2v) is 7.94. The molecule has 2 aliphatic heterocycles. The Hall–Kier alpha value is -2.77. The third-order valence-corrected chi connectivity index (χ3v) is 5.46. The summed E-state index contributed by atoms with van der Waals surface area (Å²) < 4.78 is 11.2. The molecule has 2 heterocycles. The molecule has 3 N–H and O–H groups in total. The van der Waals surface area contributed by atoms with Crippen molar-refractivity contribution in [3.63, 3.8) is 0 Å². The Morgan fingerprint density at radius 3 is 2.57 bits per heavy atom. The molecule has 158 valence electrons. The highest BCUT2D eigenvalue weighted by Gasteiger charge is 2.26. The monoisotopic (exact) mass is 429 g/mol. The molecule has 2 aromatic carbocycles. The number of anilines is 2. The number of ether oxygens (including phenoxy) is 2. The van der Waals surface area contributed by atoms with Gasteiger partial charge < -0.3 is 25.4 Å². The topological polar surface area (TPSA) is 88.7 Å². The number of hydrogen-bond acceptors (Lipinski definition) is 4. The maximum atomic E-state index is 12.6. The van der Waals surface area contributed by atoms with Gasteiger partial charge in [0.05, 0.1) is 12.0 Å². The lowest BCUT2D eigenvalue weighted by atomic mass is 9.96. The van der Waals surface area contributed by atoms with Gasteiger partial charge in [0.1, 0.15) is 12.4 Å². The van der Waals surface area contributed by atoms with Crippen LogP contribution in [0.15, 0.2) is 42.5 Å². The quantitative estimate of drug-likeness (QED) is 0.674. The molecule has 4 rings (SSSR count). The van der Waals surface area contributed by atoms with Gasteiger partial charge >= 0.3 is 6.03 Å². The summed E-state index contributed by atoms with van der Waals surface area (Å²) in [6.45, 7) is 1.58. The van der Waals surface area contributed by atoms with Crippen molar-refractivity contribution >= 4 is 34.9 Å². The van der Waals surface area contributed by atoms with Gasteiger partial charge in [-0.15, -0.1) is 0 Å². The standard InChI is InChI=1S/C22H24ClN3O4/c23-16-3-8-20-14(11-16)10-15(13-30-20)21(27)25-17-4-6-18(7-5-17)26-22(28)24-12-19-2-1-9-29-19/h3-8,11,15,19H,1-2,9-10,12-13H2,(H,25,27)(H2,24,26,28). The molecule has 7 nitrogen and oxygen atoms in total. The molecule has 1 saturated heterocycles. The van der Waals surface area contributed by atoms with E-state index in [0.29, 0.717) is 36.0 Å². The van der Waals surface area contributed by atoms with Gasteiger partial charge in [-0.3, -0.25) is 4.79 Å². The Balaban J connectivity index is 1.27. The van der Waals surface area contributed by atoms with Gasteiger partial charge in [-0.1, -0.05) is 11.6 Å². The van der Waals surface area contributed by atoms with Gasteiger partial charge in [0.15, 0.2) is 0 Å². The second kappa shape index (κ2) is 9.36. The van der Waals surface area contributed by atoms with E-state index >= 15 is 0 Å². The van der Waals surface area contributed by atoms with Crippen molar-refractivity contribution < 1.29 is 19.1 Å². The molecule has 2 atom stereocenters. The van der Waals surface area contributed by atoms with Crippen molar-refractivity contribution in [1.29, 1.82) is 0 Å². The van der Waals surface area contributed by atoms with Crippen LogP contribution in [0.3, 0.4) is 0 Å². The van der Waals surface area contributed by atoms with Crippen molar-refractivity contribution in [3.05, 3.63) is 53.1 Å². The highest BCUT2D eigenvalue weighted by Crippen LogP contribution is 2.30. The summed E-state index contributed by atoms with van der Waals surface area (Å²) in [7, 11) is 0. The Morgan fingerprint density at radius 2 is 1.83 bits per heavy atom. The summed E-state index contributed by atoms with van der Waals surface area (Å²) in [6.07, 6.45) is 2.68. The van der Waals surface area contributed by atoms with Gasteiger partial charge in [-0.05, 0) is 67.3 Å². The Labute approximate surface area is 180 Å². The molecule has 0 bridgehead atoms. The van der Waals surface area contributed by atoms with E-state index in [0.717, 1.165) is 30.8 Å². The smallest absolute Gasteiger partial charge is 0.319 e. The SMILES string of the molecule is O=C(NCC1CCCO1)Nc1ccc(NC(=O)C2COc3ccc(Cl)cc3C2)cc1. The zero-order valence-electron chi connectivity index (χ0n) is 16.4. The molecule has 2 unspecified atom stereocenters. The zero-order valence-corrected chi connectivity index (χ0v) is 17.2. The van der Waals surface area contributed by atoms with E-state index in [9.17, 15) is 9.59 Å². The molecule has 3 amide bonds. The van der Waals surface area contributed by atoms with Crippen LogP contribution >= 0.6 is 11.6 Å². The molecule has 0 aromatic heterocycles. The lowest BCUT2D eigenvalue weighted by molar-refractivity contribution is -0.121. The number of fused-ring (bicyclic) bond motifs is 1. The van der Waals surface area contributed by atoms with E-state index in [2.05, 4.69) is 16.0 Å². The fraction of sp³-hybridized carbons (Fsp3) is 0.364. The number of carbonyl (C=O) groups is 2. The number of rotatable bonds is 5. The van der Waals surface area contributed by atoms with Crippen LogP contribution in [0.2, 0.25) is 5.02 Å². The van der Waals surface area contributed by atoms with Crippen molar-refractivity contribution in [3.8, 4) is 5.75 Å². The summed E-state index contributed by atoms with van der Waals surface area (Å²) in [6, 6.07) is 12.2. The molecule has 0 radical (unpaired) electrons. The van der Waals surface area contributed by atoms with Crippen molar-refractivity contribution in [1.82, 2.24) is 5.32 Å². The van der Waals surface area contributed by atoms with Crippen molar-refractivity contribution in [2.75, 3.05) is 30.4 Å². The van der Waals surface area contributed by atoms with E-state index in [1.54, 1.807) is 30.3 Å². The molecule has 0 aliphatic carbocycles. The number of carbonyl (C=O) groups excluding carboxylic acids is 2. The van der Waals surface area contributed by atoms with Crippen LogP contribution in [0.4, 0.5) is 16.2 Å². The molecule has 30 heavy (non-hydrogen) atoms. The minimum Gasteiger partial charge on any atom is -0.492 e. The second-order valence-electron chi connectivity index (χ2n) is 7.50. The van der Waals surface area contributed by atoms with E-state index in [4.69, 9.17) is 21.1 Å². The summed E-state index contributed by atoms with van der Waals surface area (Å²) in [5, 5.41) is 9.11. The van der Waals surface area contributed by atoms with Crippen LogP contribution in [0.1, 0.15) is 18.4 Å². The molecule has 0 saturated carbocycles. The third kappa shape index (κ3) is 5.23. The molecular formula is C22H24ClN3O4. The van der Waals surface area contributed by atoms with Gasteiger partial charge in [-0.2, -0.15) is 0 Å². The van der Waals surface area contributed by atoms with Crippen LogP contribution in [0, 0.1) is 5.92 Å². The summed E-state index contributed by atoms with van der Waals surface area (Å²) >= 11 is 6.04. The van der Waals surface area contributed by atoms with E-state index in [1.807, 2.05) is 12.1 Å². The summed E-state index contributed by atoms with van der Waals surface area (Å²) in [5.41, 5.74) is 2.23. The molecular weight excluding hydrogens is 406 g/mol. The Morgan fingerprint density at radius 1 is 1.07 bits per heavy atom. The van der Waals surface area contributed by atoms with Crippen LogP contribution in [0.5, 0.6) is 5.75 Å². The third-order valence-electron chi connectivity index (χ3n) is 5.22. The first kappa shape index (κ1) is 20.5. The van der Waals surface area contributed by atoms with Crippen molar-refractivity contribution in [2.24, 2.45) is 5.92 Å². The van der Waals surface area contributed by atoms with Gasteiger partial charge in [0.25, 0.3) is 0 Å². The minimum absolute atomic E-state index is 0.0973. The lowest BCUT2D eigenvalue weighted by Gasteiger charge is -2.24. The van der Waals surface area contributed by atoms with Crippen LogP contribution in [0.25, 0.3) is 0 Å². The number of urea groups is 1. The van der Waals surface area contributed by atoms with Crippen LogP contribution in [-0.4, -0.2) is 37.8 Å². The molecule has 2 aliphatic rings. The van der Waals surface area contributed by atoms with E-state index in [1.165, 1.54) is 0 Å². The number of halogens is 1. The van der Waals surface area contributed by atoms with Gasteiger partial charge in [0.2, 0.25) is 5.91 Å². The number of nitrogens with one attached hydrogen (secondary N) is 3. The molecule has 8 heteroatoms. The highest BCUT2D eigenvalue weighted by atomic mass is 35.5. The highest BCUT2D eigenvalue weighted by molar-refractivity contribution is 6.30. The first-order chi connectivity index (χ1) is 14.6. The largest absolute Gasteiger partial charge is 0.492 e. The maximum absolute atomic E-state index is 12.6. The molecule has 1 fully saturated rings. The normalized spacial score (nSPS) is 20.0. The maximum Gasteiger partial charge on any atom is 0.319 e. The molecule has 0 spiro atoms. The fourth-order valence-electron chi connectivity index (χ4n) is 3.60. The van der Waals surface area contributed by atoms with Gasteiger partial charge in [0, 0.05) is 29.5 Å². The average molecular weight is 430 g/mol. The predicted molar refractivity (Wildman–Crippen MR) is 115 cm³/mol. The summed E-state index contributed by atoms with van der Waals surface area (Å²) in [5.74, 6) is 0.365. The fourth-order valence-corrected chi connectivity index (χ4v) is 3.79. The minimum atomic E-state index is -0.294. The van der Waals surface area contributed by atoms with Crippen LogP contribution in [-0.2, 0) is 16.0 Å². The predicted octanol–water partition coefficient (Wildman–Crippen LogP) is 3.83.